The SMILES string of the molecule is [CH2]CCCC(C(=O)O)N1C(=O)CCC1=O. The minimum atomic E-state index is -1.12. The fourth-order valence-electron chi connectivity index (χ4n) is 1.64. The molecule has 5 heteroatoms. The number of aliphatic carboxylic acids is 1. The number of carboxylic acid groups (broad SMARTS) is 1. The smallest absolute Gasteiger partial charge is 0.326 e. The van der Waals surface area contributed by atoms with Crippen LogP contribution >= 0.6 is 0 Å². The maximum atomic E-state index is 11.3. The molecule has 1 heterocycles. The molecule has 0 aromatic carbocycles. The Morgan fingerprint density at radius 3 is 2.33 bits per heavy atom. The molecule has 5 nitrogen and oxygen atoms in total. The summed E-state index contributed by atoms with van der Waals surface area (Å²) in [6.45, 7) is 3.60. The normalized spacial score (nSPS) is 18.3. The van der Waals surface area contributed by atoms with E-state index in [-0.39, 0.29) is 31.1 Å². The zero-order chi connectivity index (χ0) is 11.4. The van der Waals surface area contributed by atoms with E-state index in [1.807, 2.05) is 0 Å². The maximum absolute atomic E-state index is 11.3. The Morgan fingerprint density at radius 1 is 1.40 bits per heavy atom. The molecule has 1 aliphatic heterocycles. The third-order valence-electron chi connectivity index (χ3n) is 2.41. The second-order valence-electron chi connectivity index (χ2n) is 3.51. The summed E-state index contributed by atoms with van der Waals surface area (Å²) in [6.07, 6.45) is 1.74. The highest BCUT2D eigenvalue weighted by atomic mass is 16.4. The topological polar surface area (TPSA) is 74.7 Å². The first-order chi connectivity index (χ1) is 7.07. The van der Waals surface area contributed by atoms with Crippen molar-refractivity contribution in [2.75, 3.05) is 0 Å². The molecule has 0 saturated carbocycles. The second-order valence-corrected chi connectivity index (χ2v) is 3.51. The minimum Gasteiger partial charge on any atom is -0.480 e. The predicted molar refractivity (Wildman–Crippen MR) is 51.7 cm³/mol. The van der Waals surface area contributed by atoms with Gasteiger partial charge in [-0.3, -0.25) is 14.5 Å². The van der Waals surface area contributed by atoms with Gasteiger partial charge in [0.2, 0.25) is 11.8 Å². The number of carbonyl (C=O) groups excluding carboxylic acids is 2. The number of amides is 2. The first-order valence-electron chi connectivity index (χ1n) is 4.95. The molecule has 1 aliphatic rings. The van der Waals surface area contributed by atoms with Gasteiger partial charge in [-0.25, -0.2) is 4.79 Å². The van der Waals surface area contributed by atoms with Crippen molar-refractivity contribution < 1.29 is 19.5 Å². The van der Waals surface area contributed by atoms with Gasteiger partial charge in [0.1, 0.15) is 6.04 Å². The number of carbonyl (C=O) groups is 3. The third kappa shape index (κ3) is 2.55. The number of imide groups is 1. The maximum Gasteiger partial charge on any atom is 0.326 e. The summed E-state index contributed by atoms with van der Waals surface area (Å²) >= 11 is 0. The van der Waals surface area contributed by atoms with E-state index in [4.69, 9.17) is 5.11 Å². The van der Waals surface area contributed by atoms with Crippen molar-refractivity contribution in [2.45, 2.75) is 38.1 Å². The Balaban J connectivity index is 2.74. The average molecular weight is 212 g/mol. The van der Waals surface area contributed by atoms with Crippen molar-refractivity contribution in [1.29, 1.82) is 0 Å². The largest absolute Gasteiger partial charge is 0.480 e. The van der Waals surface area contributed by atoms with Gasteiger partial charge in [0, 0.05) is 12.8 Å². The average Bonchev–Trinajstić information content (AvgIpc) is 2.49. The molecule has 1 saturated heterocycles. The van der Waals surface area contributed by atoms with Crippen LogP contribution in [0.15, 0.2) is 0 Å². The van der Waals surface area contributed by atoms with E-state index in [2.05, 4.69) is 6.92 Å². The van der Waals surface area contributed by atoms with Crippen LogP contribution in [0.1, 0.15) is 32.1 Å². The van der Waals surface area contributed by atoms with E-state index < -0.39 is 12.0 Å². The molecular formula is C10H14NO4. The Hall–Kier alpha value is -1.39. The summed E-state index contributed by atoms with van der Waals surface area (Å²) in [6, 6.07) is -1.01. The van der Waals surface area contributed by atoms with Gasteiger partial charge in [0.15, 0.2) is 0 Å². The summed E-state index contributed by atoms with van der Waals surface area (Å²) in [5, 5.41) is 8.93. The molecule has 1 unspecified atom stereocenters. The summed E-state index contributed by atoms with van der Waals surface area (Å²) in [7, 11) is 0. The lowest BCUT2D eigenvalue weighted by molar-refractivity contribution is -0.154. The fraction of sp³-hybridized carbons (Fsp3) is 0.600. The van der Waals surface area contributed by atoms with Crippen molar-refractivity contribution in [2.24, 2.45) is 0 Å². The molecule has 0 aliphatic carbocycles. The first-order valence-corrected chi connectivity index (χ1v) is 4.95. The van der Waals surface area contributed by atoms with E-state index in [0.717, 1.165) is 4.90 Å². The summed E-state index contributed by atoms with van der Waals surface area (Å²) in [5.41, 5.74) is 0. The molecule has 0 spiro atoms. The lowest BCUT2D eigenvalue weighted by Crippen LogP contribution is -2.44. The standard InChI is InChI=1S/C10H14NO4/c1-2-3-4-7(10(14)15)11-8(12)5-6-9(11)13/h7H,1-6H2,(H,14,15). The van der Waals surface area contributed by atoms with Gasteiger partial charge in [0.05, 0.1) is 0 Å². The van der Waals surface area contributed by atoms with Crippen molar-refractivity contribution in [3.63, 3.8) is 0 Å². The van der Waals surface area contributed by atoms with Crippen LogP contribution < -0.4 is 0 Å². The van der Waals surface area contributed by atoms with Crippen LogP contribution in [0.4, 0.5) is 0 Å². The number of nitrogens with zero attached hydrogens (tertiary/aromatic N) is 1. The molecule has 83 valence electrons. The molecule has 0 aromatic rings. The molecule has 0 bridgehead atoms. The monoisotopic (exact) mass is 212 g/mol. The number of likely N-dealkylation sites (tertiary alicyclic amines) is 1. The van der Waals surface area contributed by atoms with Crippen molar-refractivity contribution in [1.82, 2.24) is 4.90 Å². The Labute approximate surface area is 88.1 Å². The van der Waals surface area contributed by atoms with Crippen LogP contribution in [0.5, 0.6) is 0 Å². The number of hydrogen-bond acceptors (Lipinski definition) is 3. The molecule has 1 atom stereocenters. The van der Waals surface area contributed by atoms with Crippen molar-refractivity contribution >= 4 is 17.8 Å². The Morgan fingerprint density at radius 2 is 1.93 bits per heavy atom. The van der Waals surface area contributed by atoms with Gasteiger partial charge in [-0.1, -0.05) is 19.8 Å². The quantitative estimate of drug-likeness (QED) is 0.677. The van der Waals surface area contributed by atoms with Crippen LogP contribution in [0.2, 0.25) is 0 Å². The summed E-state index contributed by atoms with van der Waals surface area (Å²) in [4.78, 5) is 34.4. The molecule has 1 rings (SSSR count). The van der Waals surface area contributed by atoms with Gasteiger partial charge in [0.25, 0.3) is 0 Å². The molecule has 1 fully saturated rings. The number of hydrogen-bond donors (Lipinski definition) is 1. The van der Waals surface area contributed by atoms with Gasteiger partial charge < -0.3 is 5.11 Å². The van der Waals surface area contributed by atoms with Gasteiger partial charge in [-0.05, 0) is 6.42 Å². The van der Waals surface area contributed by atoms with E-state index in [1.165, 1.54) is 0 Å². The van der Waals surface area contributed by atoms with Crippen LogP contribution in [-0.4, -0.2) is 33.8 Å². The molecular weight excluding hydrogens is 198 g/mol. The van der Waals surface area contributed by atoms with E-state index in [9.17, 15) is 14.4 Å². The molecule has 2 amide bonds. The number of carboxylic acids is 1. The summed E-state index contributed by atoms with van der Waals surface area (Å²) < 4.78 is 0. The molecule has 1 radical (unpaired) electrons. The van der Waals surface area contributed by atoms with E-state index in [0.29, 0.717) is 12.8 Å². The summed E-state index contributed by atoms with van der Waals surface area (Å²) in [5.74, 6) is -1.88. The van der Waals surface area contributed by atoms with Crippen LogP contribution in [0.3, 0.4) is 0 Å². The van der Waals surface area contributed by atoms with Gasteiger partial charge >= 0.3 is 5.97 Å². The van der Waals surface area contributed by atoms with E-state index >= 15 is 0 Å². The van der Waals surface area contributed by atoms with Crippen LogP contribution in [0.25, 0.3) is 0 Å². The molecule has 1 N–H and O–H groups in total. The zero-order valence-corrected chi connectivity index (χ0v) is 8.44. The van der Waals surface area contributed by atoms with Crippen LogP contribution in [0, 0.1) is 6.92 Å². The zero-order valence-electron chi connectivity index (χ0n) is 8.44. The Bertz CT molecular complexity index is 271. The highest BCUT2D eigenvalue weighted by Crippen LogP contribution is 2.19. The minimum absolute atomic E-state index is 0.132. The predicted octanol–water partition coefficient (Wildman–Crippen LogP) is 0.593. The molecule has 0 aromatic heterocycles. The number of unbranched alkanes of at least 4 members (excludes halogenated alkanes) is 1. The number of rotatable bonds is 5. The van der Waals surface area contributed by atoms with E-state index in [1.54, 1.807) is 0 Å². The fourth-order valence-corrected chi connectivity index (χ4v) is 1.64. The van der Waals surface area contributed by atoms with Crippen molar-refractivity contribution in [3.05, 3.63) is 6.92 Å². The highest BCUT2D eigenvalue weighted by Gasteiger charge is 2.38. The third-order valence-corrected chi connectivity index (χ3v) is 2.41. The van der Waals surface area contributed by atoms with Crippen molar-refractivity contribution in [3.8, 4) is 0 Å². The highest BCUT2D eigenvalue weighted by molar-refractivity contribution is 6.04. The first kappa shape index (κ1) is 11.7. The van der Waals surface area contributed by atoms with Gasteiger partial charge in [-0.2, -0.15) is 0 Å². The molecule has 15 heavy (non-hydrogen) atoms. The van der Waals surface area contributed by atoms with Crippen LogP contribution in [-0.2, 0) is 14.4 Å². The Kier molecular flexibility index (Phi) is 3.82. The van der Waals surface area contributed by atoms with Gasteiger partial charge in [-0.15, -0.1) is 0 Å². The lowest BCUT2D eigenvalue weighted by atomic mass is 10.1. The second kappa shape index (κ2) is 4.91. The lowest BCUT2D eigenvalue weighted by Gasteiger charge is -2.22.